The zero-order valence-electron chi connectivity index (χ0n) is 16.8. The first-order chi connectivity index (χ1) is 13.6. The number of carbonyl (C=O) groups excluding carboxylic acids is 2. The molecule has 2 amide bonds. The van der Waals surface area contributed by atoms with Crippen LogP contribution in [-0.4, -0.2) is 34.3 Å². The molecule has 0 fully saturated rings. The molecule has 2 N–H and O–H groups in total. The molecule has 0 aliphatic rings. The zero-order valence-corrected chi connectivity index (χ0v) is 16.8. The molecular weight excluding hydrogens is 382 g/mol. The Morgan fingerprint density at radius 3 is 2.59 bits per heavy atom. The molecule has 2 heterocycles. The van der Waals surface area contributed by atoms with E-state index in [2.05, 4.69) is 20.6 Å². The van der Waals surface area contributed by atoms with Crippen LogP contribution in [-0.2, 0) is 4.79 Å². The number of pyridine rings is 2. The lowest BCUT2D eigenvalue weighted by atomic mass is 10.1. The van der Waals surface area contributed by atoms with Crippen LogP contribution in [0.2, 0.25) is 0 Å². The van der Waals surface area contributed by atoms with E-state index in [4.69, 9.17) is 4.74 Å². The summed E-state index contributed by atoms with van der Waals surface area (Å²) in [6.45, 7) is 5.22. The third-order valence-electron chi connectivity index (χ3n) is 3.85. The van der Waals surface area contributed by atoms with E-state index in [-0.39, 0.29) is 17.6 Å². The van der Waals surface area contributed by atoms with Crippen LogP contribution in [0.5, 0.6) is 5.75 Å². The fraction of sp³-hybridized carbons (Fsp3) is 0.400. The van der Waals surface area contributed by atoms with Crippen LogP contribution in [0.25, 0.3) is 0 Å². The number of aryl methyl sites for hydroxylation is 1. The van der Waals surface area contributed by atoms with Crippen molar-refractivity contribution in [2.75, 3.05) is 11.9 Å². The second kappa shape index (κ2) is 9.40. The van der Waals surface area contributed by atoms with Gasteiger partial charge in [0.1, 0.15) is 11.6 Å². The van der Waals surface area contributed by atoms with Crippen LogP contribution in [0.1, 0.15) is 55.0 Å². The molecule has 1 atom stereocenters. The van der Waals surface area contributed by atoms with E-state index in [1.807, 2.05) is 0 Å². The number of halogens is 2. The number of anilines is 1. The van der Waals surface area contributed by atoms with Gasteiger partial charge in [-0.2, -0.15) is 0 Å². The number of ether oxygens (including phenoxy) is 1. The van der Waals surface area contributed by atoms with Crippen LogP contribution in [0, 0.1) is 6.92 Å². The summed E-state index contributed by atoms with van der Waals surface area (Å²) in [6.07, 6.45) is 1.63. The average Bonchev–Trinajstić information content (AvgIpc) is 2.65. The SMILES string of the molecule is CCC(=O)Nc1cc(C(=O)N[C@H](C)c2ccc(OCC(C)(F)F)cn2)cc(C)n1. The maximum Gasteiger partial charge on any atom is 0.278 e. The van der Waals surface area contributed by atoms with E-state index < -0.39 is 18.6 Å². The van der Waals surface area contributed by atoms with Gasteiger partial charge in [-0.1, -0.05) is 6.92 Å². The molecular formula is C20H24F2N4O3. The van der Waals surface area contributed by atoms with Crippen LogP contribution >= 0.6 is 0 Å². The summed E-state index contributed by atoms with van der Waals surface area (Å²) in [5, 5.41) is 5.44. The molecule has 0 aromatic carbocycles. The number of hydrogen-bond acceptors (Lipinski definition) is 5. The van der Waals surface area contributed by atoms with E-state index in [1.165, 1.54) is 18.3 Å². The zero-order chi connectivity index (χ0) is 21.6. The first-order valence-corrected chi connectivity index (χ1v) is 9.13. The predicted molar refractivity (Wildman–Crippen MR) is 104 cm³/mol. The lowest BCUT2D eigenvalue weighted by Gasteiger charge is -2.15. The van der Waals surface area contributed by atoms with Crippen molar-refractivity contribution in [3.8, 4) is 5.75 Å². The largest absolute Gasteiger partial charge is 0.486 e. The minimum Gasteiger partial charge on any atom is -0.486 e. The van der Waals surface area contributed by atoms with Gasteiger partial charge < -0.3 is 15.4 Å². The van der Waals surface area contributed by atoms with Crippen LogP contribution < -0.4 is 15.4 Å². The van der Waals surface area contributed by atoms with Gasteiger partial charge in [0.15, 0.2) is 6.61 Å². The van der Waals surface area contributed by atoms with Crippen molar-refractivity contribution in [3.63, 3.8) is 0 Å². The molecule has 0 saturated carbocycles. The average molecular weight is 406 g/mol. The third kappa shape index (κ3) is 7.10. The summed E-state index contributed by atoms with van der Waals surface area (Å²) in [7, 11) is 0. The molecule has 0 aliphatic carbocycles. The number of nitrogens with one attached hydrogen (secondary N) is 2. The highest BCUT2D eigenvalue weighted by atomic mass is 19.3. The minimum atomic E-state index is -2.93. The normalized spacial score (nSPS) is 12.2. The topological polar surface area (TPSA) is 93.2 Å². The van der Waals surface area contributed by atoms with Gasteiger partial charge >= 0.3 is 0 Å². The lowest BCUT2D eigenvalue weighted by molar-refractivity contribution is -0.115. The monoisotopic (exact) mass is 406 g/mol. The Balaban J connectivity index is 2.04. The van der Waals surface area contributed by atoms with E-state index >= 15 is 0 Å². The highest BCUT2D eigenvalue weighted by Crippen LogP contribution is 2.19. The first-order valence-electron chi connectivity index (χ1n) is 9.13. The van der Waals surface area contributed by atoms with Gasteiger partial charge in [0.25, 0.3) is 11.8 Å². The summed E-state index contributed by atoms with van der Waals surface area (Å²) < 4.78 is 30.7. The molecule has 2 rings (SSSR count). The molecule has 0 unspecified atom stereocenters. The number of rotatable bonds is 8. The maximum atomic E-state index is 12.8. The van der Waals surface area contributed by atoms with Crippen molar-refractivity contribution in [1.29, 1.82) is 0 Å². The molecule has 29 heavy (non-hydrogen) atoms. The molecule has 2 aromatic heterocycles. The highest BCUT2D eigenvalue weighted by Gasteiger charge is 2.22. The molecule has 0 aliphatic heterocycles. The number of alkyl halides is 2. The molecule has 156 valence electrons. The van der Waals surface area contributed by atoms with Gasteiger partial charge in [-0.05, 0) is 38.1 Å². The Morgan fingerprint density at radius 2 is 2.00 bits per heavy atom. The van der Waals surface area contributed by atoms with E-state index in [0.29, 0.717) is 29.2 Å². The smallest absolute Gasteiger partial charge is 0.278 e. The first kappa shape index (κ1) is 22.2. The Labute approximate surface area is 167 Å². The number of aromatic nitrogens is 2. The van der Waals surface area contributed by atoms with E-state index in [9.17, 15) is 18.4 Å². The van der Waals surface area contributed by atoms with Crippen molar-refractivity contribution in [3.05, 3.63) is 47.4 Å². The fourth-order valence-corrected chi connectivity index (χ4v) is 2.39. The molecule has 9 heteroatoms. The van der Waals surface area contributed by atoms with Crippen molar-refractivity contribution in [2.45, 2.75) is 46.1 Å². The standard InChI is InChI=1S/C20H24F2N4O3/c1-5-18(27)26-17-9-14(8-12(2)24-17)19(28)25-13(3)16-7-6-15(10-23-16)29-11-20(4,21)22/h6-10,13H,5,11H2,1-4H3,(H,25,28)(H,24,26,27)/t13-/m1/s1. The molecule has 0 radical (unpaired) electrons. The molecule has 0 saturated heterocycles. The van der Waals surface area contributed by atoms with Crippen LogP contribution in [0.4, 0.5) is 14.6 Å². The summed E-state index contributed by atoms with van der Waals surface area (Å²) in [5.74, 6) is -2.97. The van der Waals surface area contributed by atoms with Gasteiger partial charge in [0.05, 0.1) is 17.9 Å². The lowest BCUT2D eigenvalue weighted by Crippen LogP contribution is -2.27. The second-order valence-corrected chi connectivity index (χ2v) is 6.76. The Bertz CT molecular complexity index is 867. The van der Waals surface area contributed by atoms with Crippen molar-refractivity contribution < 1.29 is 23.1 Å². The van der Waals surface area contributed by atoms with E-state index in [1.54, 1.807) is 32.9 Å². The Hall–Kier alpha value is -3.10. The van der Waals surface area contributed by atoms with Gasteiger partial charge in [-0.15, -0.1) is 0 Å². The Kier molecular flexibility index (Phi) is 7.19. The van der Waals surface area contributed by atoms with Gasteiger partial charge in [0.2, 0.25) is 5.91 Å². The highest BCUT2D eigenvalue weighted by molar-refractivity contribution is 5.96. The van der Waals surface area contributed by atoms with Gasteiger partial charge in [-0.25, -0.2) is 13.8 Å². The van der Waals surface area contributed by atoms with Crippen LogP contribution in [0.15, 0.2) is 30.5 Å². The summed E-state index contributed by atoms with van der Waals surface area (Å²) in [4.78, 5) is 32.5. The van der Waals surface area contributed by atoms with Crippen LogP contribution in [0.3, 0.4) is 0 Å². The van der Waals surface area contributed by atoms with Crippen molar-refractivity contribution in [1.82, 2.24) is 15.3 Å². The number of amides is 2. The second-order valence-electron chi connectivity index (χ2n) is 6.76. The summed E-state index contributed by atoms with van der Waals surface area (Å²) in [6, 6.07) is 5.78. The number of hydrogen-bond donors (Lipinski definition) is 2. The minimum absolute atomic E-state index is 0.199. The fourth-order valence-electron chi connectivity index (χ4n) is 2.39. The Morgan fingerprint density at radius 1 is 1.28 bits per heavy atom. The van der Waals surface area contributed by atoms with Gasteiger partial charge in [-0.3, -0.25) is 14.6 Å². The summed E-state index contributed by atoms with van der Waals surface area (Å²) >= 11 is 0. The predicted octanol–water partition coefficient (Wildman–Crippen LogP) is 3.66. The molecule has 2 aromatic rings. The maximum absolute atomic E-state index is 12.8. The van der Waals surface area contributed by atoms with Crippen molar-refractivity contribution in [2.24, 2.45) is 0 Å². The number of carbonyl (C=O) groups is 2. The molecule has 7 nitrogen and oxygen atoms in total. The van der Waals surface area contributed by atoms with Gasteiger partial charge in [0, 0.05) is 24.6 Å². The molecule has 0 spiro atoms. The quantitative estimate of drug-likeness (QED) is 0.698. The summed E-state index contributed by atoms with van der Waals surface area (Å²) in [5.41, 5.74) is 1.48. The number of nitrogens with zero attached hydrogens (tertiary/aromatic N) is 2. The van der Waals surface area contributed by atoms with Crippen molar-refractivity contribution >= 4 is 17.6 Å². The third-order valence-corrected chi connectivity index (χ3v) is 3.85. The van der Waals surface area contributed by atoms with E-state index in [0.717, 1.165) is 6.92 Å². The molecule has 0 bridgehead atoms.